The van der Waals surface area contributed by atoms with Gasteiger partial charge in [0, 0.05) is 12.6 Å². The van der Waals surface area contributed by atoms with Gasteiger partial charge < -0.3 is 0 Å². The minimum atomic E-state index is -3.38. The molecule has 0 N–H and O–H groups in total. The van der Waals surface area contributed by atoms with Crippen LogP contribution in [-0.4, -0.2) is 30.6 Å². The topological polar surface area (TPSA) is 61.2 Å². The molecule has 5 heteroatoms. The average Bonchev–Trinajstić information content (AvgIpc) is 3.09. The summed E-state index contributed by atoms with van der Waals surface area (Å²) < 4.78 is 26.1. The molecule has 2 rings (SSSR count). The van der Waals surface area contributed by atoms with Crippen LogP contribution in [0, 0.1) is 17.2 Å². The molecule has 0 aromatic rings. The molecule has 0 saturated heterocycles. The first-order chi connectivity index (χ1) is 7.59. The Labute approximate surface area is 97.3 Å². The number of nitrogens with zero attached hydrogens (tertiary/aromatic N) is 2. The third kappa shape index (κ3) is 2.38. The molecule has 1 atom stereocenters. The van der Waals surface area contributed by atoms with E-state index < -0.39 is 15.3 Å². The van der Waals surface area contributed by atoms with Gasteiger partial charge in [-0.3, -0.25) is 0 Å². The average molecular weight is 242 g/mol. The van der Waals surface area contributed by atoms with Crippen molar-refractivity contribution < 1.29 is 8.42 Å². The molecule has 4 nitrogen and oxygen atoms in total. The highest BCUT2D eigenvalue weighted by Gasteiger charge is 2.43. The van der Waals surface area contributed by atoms with Gasteiger partial charge in [-0.2, -0.15) is 9.57 Å². The van der Waals surface area contributed by atoms with E-state index in [4.69, 9.17) is 5.26 Å². The van der Waals surface area contributed by atoms with Crippen LogP contribution in [0.25, 0.3) is 0 Å². The van der Waals surface area contributed by atoms with E-state index in [1.807, 2.05) is 6.07 Å². The Kier molecular flexibility index (Phi) is 3.22. The van der Waals surface area contributed by atoms with E-state index in [1.54, 1.807) is 11.2 Å². The molecule has 2 fully saturated rings. The Morgan fingerprint density at radius 1 is 1.38 bits per heavy atom. The van der Waals surface area contributed by atoms with Crippen LogP contribution < -0.4 is 0 Å². The van der Waals surface area contributed by atoms with Crippen molar-refractivity contribution in [1.29, 1.82) is 5.26 Å². The lowest BCUT2D eigenvalue weighted by molar-refractivity contribution is 0.385. The molecule has 0 aliphatic heterocycles. The summed E-state index contributed by atoms with van der Waals surface area (Å²) in [4.78, 5) is 0. The first-order valence-electron chi connectivity index (χ1n) is 5.99. The highest BCUT2D eigenvalue weighted by atomic mass is 32.2. The van der Waals surface area contributed by atoms with Crippen LogP contribution in [0.3, 0.4) is 0 Å². The lowest BCUT2D eigenvalue weighted by atomic mass is 10.4. The lowest BCUT2D eigenvalue weighted by Gasteiger charge is -2.23. The van der Waals surface area contributed by atoms with E-state index in [0.717, 1.165) is 25.7 Å². The Morgan fingerprint density at radius 2 is 2.00 bits per heavy atom. The summed E-state index contributed by atoms with van der Waals surface area (Å²) in [5, 5.41) is 8.05. The smallest absolute Gasteiger partial charge is 0.211 e. The Morgan fingerprint density at radius 3 is 2.38 bits per heavy atom. The molecule has 0 radical (unpaired) electrons. The zero-order valence-electron chi connectivity index (χ0n) is 9.59. The second-order valence-electron chi connectivity index (χ2n) is 4.82. The largest absolute Gasteiger partial charge is 0.230 e. The summed E-state index contributed by atoms with van der Waals surface area (Å²) in [5.41, 5.74) is 0. The van der Waals surface area contributed by atoms with Crippen molar-refractivity contribution >= 4 is 10.0 Å². The minimum Gasteiger partial charge on any atom is -0.211 e. The maximum atomic E-state index is 12.2. The van der Waals surface area contributed by atoms with Gasteiger partial charge in [0.15, 0.2) is 5.25 Å². The van der Waals surface area contributed by atoms with Gasteiger partial charge in [-0.05, 0) is 38.0 Å². The van der Waals surface area contributed by atoms with Crippen LogP contribution in [-0.2, 0) is 10.0 Å². The van der Waals surface area contributed by atoms with Crippen LogP contribution in [0.4, 0.5) is 0 Å². The predicted octanol–water partition coefficient (Wildman–Crippen LogP) is 1.49. The summed E-state index contributed by atoms with van der Waals surface area (Å²) in [7, 11) is -3.38. The van der Waals surface area contributed by atoms with Crippen molar-refractivity contribution in [2.24, 2.45) is 5.92 Å². The fourth-order valence-corrected chi connectivity index (χ4v) is 3.84. The van der Waals surface area contributed by atoms with Crippen LogP contribution in [0.15, 0.2) is 0 Å². The molecular formula is C11H18N2O2S. The van der Waals surface area contributed by atoms with Crippen LogP contribution in [0.5, 0.6) is 0 Å². The summed E-state index contributed by atoms with van der Waals surface area (Å²) >= 11 is 0. The highest BCUT2D eigenvalue weighted by molar-refractivity contribution is 7.90. The van der Waals surface area contributed by atoms with Gasteiger partial charge in [-0.1, -0.05) is 6.92 Å². The van der Waals surface area contributed by atoms with Crippen molar-refractivity contribution in [1.82, 2.24) is 4.31 Å². The summed E-state index contributed by atoms with van der Waals surface area (Å²) in [6, 6.07) is 2.11. The van der Waals surface area contributed by atoms with Crippen molar-refractivity contribution in [2.75, 3.05) is 6.54 Å². The maximum Gasteiger partial charge on any atom is 0.230 e. The van der Waals surface area contributed by atoms with E-state index in [1.165, 1.54) is 0 Å². The number of nitriles is 1. The normalized spacial score (nSPS) is 23.1. The quantitative estimate of drug-likeness (QED) is 0.709. The van der Waals surface area contributed by atoms with E-state index in [0.29, 0.717) is 18.9 Å². The first kappa shape index (κ1) is 11.9. The van der Waals surface area contributed by atoms with E-state index in [9.17, 15) is 8.42 Å². The van der Waals surface area contributed by atoms with Gasteiger partial charge in [0.1, 0.15) is 0 Å². The molecule has 0 aromatic carbocycles. The number of hydrogen-bond donors (Lipinski definition) is 0. The highest BCUT2D eigenvalue weighted by Crippen LogP contribution is 2.37. The van der Waals surface area contributed by atoms with E-state index >= 15 is 0 Å². The van der Waals surface area contributed by atoms with Crippen LogP contribution in [0.2, 0.25) is 0 Å². The maximum absolute atomic E-state index is 12.2. The Balaban J connectivity index is 2.13. The second kappa shape index (κ2) is 4.34. The number of hydrogen-bond acceptors (Lipinski definition) is 3. The molecule has 2 aliphatic carbocycles. The van der Waals surface area contributed by atoms with Crippen LogP contribution in [0.1, 0.15) is 39.0 Å². The molecular weight excluding hydrogens is 224 g/mol. The van der Waals surface area contributed by atoms with Gasteiger partial charge >= 0.3 is 0 Å². The molecule has 2 saturated carbocycles. The van der Waals surface area contributed by atoms with Gasteiger partial charge in [-0.25, -0.2) is 8.42 Å². The zero-order chi connectivity index (χ0) is 11.8. The van der Waals surface area contributed by atoms with Gasteiger partial charge in [0.25, 0.3) is 0 Å². The fraction of sp³-hybridized carbons (Fsp3) is 0.909. The van der Waals surface area contributed by atoms with Gasteiger partial charge in [0.05, 0.1) is 6.07 Å². The first-order valence-corrected chi connectivity index (χ1v) is 7.50. The zero-order valence-corrected chi connectivity index (χ0v) is 10.4. The predicted molar refractivity (Wildman–Crippen MR) is 61.1 cm³/mol. The molecule has 90 valence electrons. The second-order valence-corrected chi connectivity index (χ2v) is 6.88. The summed E-state index contributed by atoms with van der Waals surface area (Å²) in [5.74, 6) is 0.548. The van der Waals surface area contributed by atoms with E-state index in [-0.39, 0.29) is 6.04 Å². The van der Waals surface area contributed by atoms with Crippen molar-refractivity contribution in [2.45, 2.75) is 50.3 Å². The third-order valence-corrected chi connectivity index (χ3v) is 5.55. The van der Waals surface area contributed by atoms with Crippen molar-refractivity contribution in [3.05, 3.63) is 0 Å². The summed E-state index contributed by atoms with van der Waals surface area (Å²) in [6.07, 6.45) is 4.60. The van der Waals surface area contributed by atoms with Gasteiger partial charge in [-0.15, -0.1) is 0 Å². The number of rotatable bonds is 6. The molecule has 16 heavy (non-hydrogen) atoms. The molecule has 0 bridgehead atoms. The van der Waals surface area contributed by atoms with E-state index in [2.05, 4.69) is 0 Å². The van der Waals surface area contributed by atoms with Gasteiger partial charge in [0.2, 0.25) is 10.0 Å². The Bertz CT molecular complexity index is 391. The van der Waals surface area contributed by atoms with Crippen LogP contribution >= 0.6 is 0 Å². The lowest BCUT2D eigenvalue weighted by Crippen LogP contribution is -2.40. The standard InChI is InChI=1S/C11H18N2O2S/c1-2-11(7-12)16(14,15)13(10-5-6-10)8-9-3-4-9/h9-11H,2-6,8H2,1H3. The molecule has 0 aromatic heterocycles. The summed E-state index contributed by atoms with van der Waals surface area (Å²) in [6.45, 7) is 2.40. The molecule has 1 unspecified atom stereocenters. The SMILES string of the molecule is CCC(C#N)S(=O)(=O)N(CC1CC1)C1CC1. The molecule has 2 aliphatic rings. The molecule has 0 spiro atoms. The monoisotopic (exact) mass is 242 g/mol. The Hall–Kier alpha value is -0.600. The fourth-order valence-electron chi connectivity index (χ4n) is 1.91. The molecule has 0 amide bonds. The number of sulfonamides is 1. The molecule has 0 heterocycles. The van der Waals surface area contributed by atoms with Crippen molar-refractivity contribution in [3.8, 4) is 6.07 Å². The van der Waals surface area contributed by atoms with Crippen molar-refractivity contribution in [3.63, 3.8) is 0 Å². The minimum absolute atomic E-state index is 0.188. The third-order valence-electron chi connectivity index (χ3n) is 3.29.